The average Bonchev–Trinajstić information content (AvgIpc) is 3.28. The fourth-order valence-corrected chi connectivity index (χ4v) is 1.78. The van der Waals surface area contributed by atoms with Crippen LogP contribution in [-0.2, 0) is 9.53 Å². The molecule has 0 aromatic rings. The maximum atomic E-state index is 11.4. The van der Waals surface area contributed by atoms with Crippen LogP contribution in [0.15, 0.2) is 4.99 Å². The Morgan fingerprint density at radius 3 is 2.48 bits per heavy atom. The smallest absolute Gasteiger partial charge is 0.223 e. The fraction of sp³-hybridized carbons (Fsp3) is 0.867. The molecule has 1 aliphatic carbocycles. The Labute approximate surface area is 128 Å². The van der Waals surface area contributed by atoms with Crippen LogP contribution in [0.1, 0.15) is 33.1 Å². The molecule has 0 aromatic heterocycles. The summed E-state index contributed by atoms with van der Waals surface area (Å²) in [5.41, 5.74) is 0. The number of guanidine groups is 1. The van der Waals surface area contributed by atoms with Gasteiger partial charge in [0.25, 0.3) is 0 Å². The minimum Gasteiger partial charge on any atom is -0.381 e. The SMILES string of the molecule is CN=C(NCCCOCC(C)C)NCCNC(=O)C1CC1. The third kappa shape index (κ3) is 9.28. The number of nitrogens with zero attached hydrogens (tertiary/aromatic N) is 1. The number of amides is 1. The normalized spacial score (nSPS) is 15.1. The van der Waals surface area contributed by atoms with Crippen LogP contribution < -0.4 is 16.0 Å². The molecule has 21 heavy (non-hydrogen) atoms. The summed E-state index contributed by atoms with van der Waals surface area (Å²) in [5, 5.41) is 9.32. The molecule has 0 unspecified atom stereocenters. The minimum absolute atomic E-state index is 0.182. The molecule has 6 heteroatoms. The molecule has 0 radical (unpaired) electrons. The van der Waals surface area contributed by atoms with Crippen molar-refractivity contribution in [3.8, 4) is 0 Å². The highest BCUT2D eigenvalue weighted by atomic mass is 16.5. The van der Waals surface area contributed by atoms with Gasteiger partial charge in [-0.25, -0.2) is 0 Å². The third-order valence-corrected chi connectivity index (χ3v) is 3.10. The monoisotopic (exact) mass is 298 g/mol. The lowest BCUT2D eigenvalue weighted by Crippen LogP contribution is -2.42. The largest absolute Gasteiger partial charge is 0.381 e. The summed E-state index contributed by atoms with van der Waals surface area (Å²) in [6, 6.07) is 0. The highest BCUT2D eigenvalue weighted by Gasteiger charge is 2.28. The molecular formula is C15H30N4O2. The lowest BCUT2D eigenvalue weighted by molar-refractivity contribution is -0.122. The van der Waals surface area contributed by atoms with Gasteiger partial charge in [-0.1, -0.05) is 13.8 Å². The number of aliphatic imine (C=N–C) groups is 1. The topological polar surface area (TPSA) is 74.8 Å². The Balaban J connectivity index is 1.94. The van der Waals surface area contributed by atoms with Gasteiger partial charge >= 0.3 is 0 Å². The summed E-state index contributed by atoms with van der Waals surface area (Å²) in [7, 11) is 1.74. The molecule has 0 aromatic carbocycles. The molecule has 3 N–H and O–H groups in total. The van der Waals surface area contributed by atoms with E-state index in [-0.39, 0.29) is 11.8 Å². The van der Waals surface area contributed by atoms with Gasteiger partial charge in [-0.2, -0.15) is 0 Å². The first-order chi connectivity index (χ1) is 10.1. The van der Waals surface area contributed by atoms with Gasteiger partial charge in [0.1, 0.15) is 0 Å². The molecule has 122 valence electrons. The van der Waals surface area contributed by atoms with E-state index < -0.39 is 0 Å². The van der Waals surface area contributed by atoms with Crippen LogP contribution in [0.25, 0.3) is 0 Å². The molecule has 6 nitrogen and oxygen atoms in total. The van der Waals surface area contributed by atoms with Gasteiger partial charge in [0.05, 0.1) is 0 Å². The first-order valence-corrected chi connectivity index (χ1v) is 7.93. The van der Waals surface area contributed by atoms with Crippen molar-refractivity contribution in [2.24, 2.45) is 16.8 Å². The average molecular weight is 298 g/mol. The van der Waals surface area contributed by atoms with Gasteiger partial charge in [-0.05, 0) is 25.2 Å². The summed E-state index contributed by atoms with van der Waals surface area (Å²) in [4.78, 5) is 15.6. The number of rotatable bonds is 10. The Bertz CT molecular complexity index is 328. The van der Waals surface area contributed by atoms with E-state index in [0.717, 1.165) is 45.0 Å². The van der Waals surface area contributed by atoms with Gasteiger partial charge in [-0.3, -0.25) is 9.79 Å². The van der Waals surface area contributed by atoms with Crippen LogP contribution in [0.2, 0.25) is 0 Å². The lowest BCUT2D eigenvalue weighted by Gasteiger charge is -2.12. The van der Waals surface area contributed by atoms with Gasteiger partial charge in [0.2, 0.25) is 5.91 Å². The number of carbonyl (C=O) groups excluding carboxylic acids is 1. The van der Waals surface area contributed by atoms with E-state index in [9.17, 15) is 4.79 Å². The molecule has 1 rings (SSSR count). The number of ether oxygens (including phenoxy) is 1. The Hall–Kier alpha value is -1.30. The summed E-state index contributed by atoms with van der Waals surface area (Å²) in [6.45, 7) is 8.01. The maximum Gasteiger partial charge on any atom is 0.223 e. The Kier molecular flexibility index (Phi) is 8.82. The van der Waals surface area contributed by atoms with Crippen LogP contribution in [0.5, 0.6) is 0 Å². The molecule has 1 amide bonds. The molecule has 0 bridgehead atoms. The fourth-order valence-electron chi connectivity index (χ4n) is 1.78. The van der Waals surface area contributed by atoms with Gasteiger partial charge in [0, 0.05) is 45.8 Å². The number of hydrogen-bond donors (Lipinski definition) is 3. The highest BCUT2D eigenvalue weighted by Crippen LogP contribution is 2.28. The van der Waals surface area contributed by atoms with Crippen LogP contribution in [0, 0.1) is 11.8 Å². The molecular weight excluding hydrogens is 268 g/mol. The van der Waals surface area contributed by atoms with E-state index in [1.807, 2.05) is 0 Å². The molecule has 1 aliphatic rings. The van der Waals surface area contributed by atoms with Crippen molar-refractivity contribution in [1.82, 2.24) is 16.0 Å². The molecule has 0 saturated heterocycles. The molecule has 1 fully saturated rings. The van der Waals surface area contributed by atoms with Crippen molar-refractivity contribution < 1.29 is 9.53 Å². The first-order valence-electron chi connectivity index (χ1n) is 7.93. The van der Waals surface area contributed by atoms with E-state index >= 15 is 0 Å². The van der Waals surface area contributed by atoms with E-state index in [2.05, 4.69) is 34.8 Å². The van der Waals surface area contributed by atoms with Crippen molar-refractivity contribution >= 4 is 11.9 Å². The molecule has 0 aliphatic heterocycles. The number of hydrogen-bond acceptors (Lipinski definition) is 3. The van der Waals surface area contributed by atoms with Crippen molar-refractivity contribution in [1.29, 1.82) is 0 Å². The molecule has 1 saturated carbocycles. The second-order valence-corrected chi connectivity index (χ2v) is 5.81. The number of carbonyl (C=O) groups is 1. The molecule has 0 spiro atoms. The van der Waals surface area contributed by atoms with Crippen LogP contribution in [0.4, 0.5) is 0 Å². The zero-order valence-corrected chi connectivity index (χ0v) is 13.6. The summed E-state index contributed by atoms with van der Waals surface area (Å²) >= 11 is 0. The molecule has 0 heterocycles. The number of nitrogens with one attached hydrogen (secondary N) is 3. The highest BCUT2D eigenvalue weighted by molar-refractivity contribution is 5.81. The zero-order valence-electron chi connectivity index (χ0n) is 13.6. The van der Waals surface area contributed by atoms with Gasteiger partial charge in [0.15, 0.2) is 5.96 Å². The second kappa shape index (κ2) is 10.4. The van der Waals surface area contributed by atoms with E-state index in [4.69, 9.17) is 4.74 Å². The summed E-state index contributed by atoms with van der Waals surface area (Å²) in [5.74, 6) is 1.80. The van der Waals surface area contributed by atoms with Crippen molar-refractivity contribution in [2.75, 3.05) is 39.9 Å². The predicted molar refractivity (Wildman–Crippen MR) is 85.4 cm³/mol. The van der Waals surface area contributed by atoms with Crippen molar-refractivity contribution in [3.63, 3.8) is 0 Å². The first kappa shape index (κ1) is 17.8. The molecule has 0 atom stereocenters. The van der Waals surface area contributed by atoms with Crippen molar-refractivity contribution in [3.05, 3.63) is 0 Å². The van der Waals surface area contributed by atoms with E-state index in [1.165, 1.54) is 0 Å². The lowest BCUT2D eigenvalue weighted by atomic mass is 10.2. The summed E-state index contributed by atoms with van der Waals surface area (Å²) < 4.78 is 5.52. The van der Waals surface area contributed by atoms with Crippen LogP contribution in [-0.4, -0.2) is 51.8 Å². The second-order valence-electron chi connectivity index (χ2n) is 5.81. The predicted octanol–water partition coefficient (Wildman–Crippen LogP) is 0.740. The van der Waals surface area contributed by atoms with E-state index in [0.29, 0.717) is 19.0 Å². The van der Waals surface area contributed by atoms with Crippen LogP contribution >= 0.6 is 0 Å². The quantitative estimate of drug-likeness (QED) is 0.316. The van der Waals surface area contributed by atoms with Gasteiger partial charge < -0.3 is 20.7 Å². The minimum atomic E-state index is 0.182. The van der Waals surface area contributed by atoms with Crippen molar-refractivity contribution in [2.45, 2.75) is 33.1 Å². The van der Waals surface area contributed by atoms with Gasteiger partial charge in [-0.15, -0.1) is 0 Å². The zero-order chi connectivity index (χ0) is 15.5. The van der Waals surface area contributed by atoms with E-state index in [1.54, 1.807) is 7.05 Å². The van der Waals surface area contributed by atoms with Crippen LogP contribution in [0.3, 0.4) is 0 Å². The standard InChI is InChI=1S/C15H30N4O2/c1-12(2)11-21-10-4-7-18-15(16-3)19-9-8-17-14(20)13-5-6-13/h12-13H,4-11H2,1-3H3,(H,17,20)(H2,16,18,19). The maximum absolute atomic E-state index is 11.4. The Morgan fingerprint density at radius 2 is 1.86 bits per heavy atom. The Morgan fingerprint density at radius 1 is 1.19 bits per heavy atom. The summed E-state index contributed by atoms with van der Waals surface area (Å²) in [6.07, 6.45) is 3.04. The third-order valence-electron chi connectivity index (χ3n) is 3.10.